The van der Waals surface area contributed by atoms with Gasteiger partial charge in [0.15, 0.2) is 0 Å². The first-order valence-electron chi connectivity index (χ1n) is 6.27. The van der Waals surface area contributed by atoms with Gasteiger partial charge >= 0.3 is 5.97 Å². The summed E-state index contributed by atoms with van der Waals surface area (Å²) in [6.07, 6.45) is 4.44. The first-order chi connectivity index (χ1) is 8.25. The van der Waals surface area contributed by atoms with Crippen LogP contribution in [0.4, 0.5) is 0 Å². The molecule has 0 aliphatic rings. The van der Waals surface area contributed by atoms with E-state index in [4.69, 9.17) is 5.11 Å². The van der Waals surface area contributed by atoms with Gasteiger partial charge in [0.05, 0.1) is 5.56 Å². The molecule has 0 amide bonds. The van der Waals surface area contributed by atoms with Gasteiger partial charge in [-0.2, -0.15) is 0 Å². The Kier molecular flexibility index (Phi) is 6.33. The second kappa shape index (κ2) is 7.85. The highest BCUT2D eigenvalue weighted by Gasteiger charge is 2.07. The summed E-state index contributed by atoms with van der Waals surface area (Å²) in [7, 11) is 0. The molecule has 0 spiro atoms. The number of benzene rings is 1. The smallest absolute Gasteiger partial charge is 0.335 e. The monoisotopic (exact) mass is 235 g/mol. The molecule has 1 aromatic rings. The summed E-state index contributed by atoms with van der Waals surface area (Å²) in [5, 5.41) is 12.4. The molecule has 1 aromatic carbocycles. The normalized spacial score (nSPS) is 10.4. The fourth-order valence-electron chi connectivity index (χ4n) is 1.80. The average molecular weight is 235 g/mol. The summed E-state index contributed by atoms with van der Waals surface area (Å²) < 4.78 is 0. The molecule has 0 saturated heterocycles. The lowest BCUT2D eigenvalue weighted by Gasteiger charge is -2.07. The number of hydrogen-bond acceptors (Lipinski definition) is 2. The Bertz CT molecular complexity index is 350. The van der Waals surface area contributed by atoms with Gasteiger partial charge in [-0.25, -0.2) is 4.79 Å². The molecule has 1 rings (SSSR count). The molecule has 0 heterocycles. The van der Waals surface area contributed by atoms with Crippen molar-refractivity contribution in [3.05, 3.63) is 35.4 Å². The highest BCUT2D eigenvalue weighted by molar-refractivity contribution is 5.89. The van der Waals surface area contributed by atoms with Crippen LogP contribution in [0, 0.1) is 0 Å². The van der Waals surface area contributed by atoms with Gasteiger partial charge in [-0.1, -0.05) is 38.0 Å². The van der Waals surface area contributed by atoms with E-state index in [1.807, 2.05) is 12.1 Å². The lowest BCUT2D eigenvalue weighted by Crippen LogP contribution is -2.19. The number of carboxylic acid groups (broad SMARTS) is 1. The van der Waals surface area contributed by atoms with Gasteiger partial charge in [-0.3, -0.25) is 0 Å². The minimum atomic E-state index is -0.841. The molecule has 0 aromatic heterocycles. The van der Waals surface area contributed by atoms with Gasteiger partial charge < -0.3 is 10.4 Å². The average Bonchev–Trinajstić information content (AvgIpc) is 2.34. The highest BCUT2D eigenvalue weighted by Crippen LogP contribution is 2.08. The third kappa shape index (κ3) is 5.00. The maximum absolute atomic E-state index is 11.0. The summed E-state index contributed by atoms with van der Waals surface area (Å²) in [5.74, 6) is -0.841. The number of carboxylic acids is 1. The van der Waals surface area contributed by atoms with Crippen LogP contribution in [0.3, 0.4) is 0 Å². The number of hydrogen-bond donors (Lipinski definition) is 2. The maximum atomic E-state index is 11.0. The second-order valence-electron chi connectivity index (χ2n) is 4.17. The fourth-order valence-corrected chi connectivity index (χ4v) is 1.80. The molecule has 3 nitrogen and oxygen atoms in total. The van der Waals surface area contributed by atoms with E-state index in [1.165, 1.54) is 19.3 Å². The van der Waals surface area contributed by atoms with Crippen LogP contribution in [-0.4, -0.2) is 24.2 Å². The number of nitrogens with one attached hydrogen (secondary N) is 1. The molecule has 0 fully saturated rings. The number of aromatic carboxylic acids is 1. The third-order valence-electron chi connectivity index (χ3n) is 2.78. The molecule has 17 heavy (non-hydrogen) atoms. The zero-order chi connectivity index (χ0) is 12.5. The molecular formula is C14H21NO2. The molecule has 0 aliphatic heterocycles. The zero-order valence-electron chi connectivity index (χ0n) is 10.4. The molecule has 2 N–H and O–H groups in total. The SMILES string of the molecule is CCCCCNCCc1ccccc1C(=O)O. The predicted molar refractivity (Wildman–Crippen MR) is 69.5 cm³/mol. The van der Waals surface area contributed by atoms with E-state index in [0.29, 0.717) is 5.56 Å². The van der Waals surface area contributed by atoms with Gasteiger partial charge in [-0.05, 0) is 37.6 Å². The molecule has 0 saturated carbocycles. The Labute approximate surface area is 103 Å². The summed E-state index contributed by atoms with van der Waals surface area (Å²) in [6.45, 7) is 4.04. The van der Waals surface area contributed by atoms with Crippen molar-refractivity contribution in [1.82, 2.24) is 5.32 Å². The summed E-state index contributed by atoms with van der Waals surface area (Å²) in [6, 6.07) is 7.20. The maximum Gasteiger partial charge on any atom is 0.335 e. The van der Waals surface area contributed by atoms with Crippen LogP contribution < -0.4 is 5.32 Å². The summed E-state index contributed by atoms with van der Waals surface area (Å²) in [5.41, 5.74) is 1.32. The standard InChI is InChI=1S/C14H21NO2/c1-2-3-6-10-15-11-9-12-7-4-5-8-13(12)14(16)17/h4-5,7-8,15H,2-3,6,9-11H2,1H3,(H,16,17). The first-order valence-corrected chi connectivity index (χ1v) is 6.27. The first kappa shape index (κ1) is 13.7. The number of carbonyl (C=O) groups is 1. The molecule has 0 aliphatic carbocycles. The van der Waals surface area contributed by atoms with Gasteiger partial charge in [0.1, 0.15) is 0 Å². The van der Waals surface area contributed by atoms with Crippen molar-refractivity contribution in [2.24, 2.45) is 0 Å². The van der Waals surface area contributed by atoms with Crippen LogP contribution in [-0.2, 0) is 6.42 Å². The molecule has 0 radical (unpaired) electrons. The zero-order valence-corrected chi connectivity index (χ0v) is 10.4. The van der Waals surface area contributed by atoms with E-state index in [9.17, 15) is 4.79 Å². The van der Waals surface area contributed by atoms with Crippen LogP contribution in [0.2, 0.25) is 0 Å². The van der Waals surface area contributed by atoms with Crippen molar-refractivity contribution in [3.8, 4) is 0 Å². The van der Waals surface area contributed by atoms with Crippen molar-refractivity contribution >= 4 is 5.97 Å². The Morgan fingerprint density at radius 3 is 2.71 bits per heavy atom. The molecule has 0 bridgehead atoms. The van der Waals surface area contributed by atoms with E-state index in [1.54, 1.807) is 12.1 Å². The van der Waals surface area contributed by atoms with Gasteiger partial charge in [0.2, 0.25) is 0 Å². The largest absolute Gasteiger partial charge is 0.478 e. The van der Waals surface area contributed by atoms with Crippen LogP contribution in [0.5, 0.6) is 0 Å². The van der Waals surface area contributed by atoms with Crippen LogP contribution in [0.1, 0.15) is 42.1 Å². The minimum Gasteiger partial charge on any atom is -0.478 e. The van der Waals surface area contributed by atoms with E-state index in [0.717, 1.165) is 25.1 Å². The molecule has 3 heteroatoms. The number of unbranched alkanes of at least 4 members (excludes halogenated alkanes) is 2. The predicted octanol–water partition coefficient (Wildman–Crippen LogP) is 2.71. The van der Waals surface area contributed by atoms with Crippen LogP contribution >= 0.6 is 0 Å². The second-order valence-corrected chi connectivity index (χ2v) is 4.17. The van der Waals surface area contributed by atoms with Crippen LogP contribution in [0.25, 0.3) is 0 Å². The van der Waals surface area contributed by atoms with E-state index < -0.39 is 5.97 Å². The summed E-state index contributed by atoms with van der Waals surface area (Å²) in [4.78, 5) is 11.0. The minimum absolute atomic E-state index is 0.419. The van der Waals surface area contributed by atoms with Crippen molar-refractivity contribution in [2.75, 3.05) is 13.1 Å². The van der Waals surface area contributed by atoms with E-state index in [2.05, 4.69) is 12.2 Å². The quantitative estimate of drug-likeness (QED) is 0.681. The molecule has 0 atom stereocenters. The molecule has 94 valence electrons. The molecule has 0 unspecified atom stereocenters. The number of rotatable bonds is 8. The van der Waals surface area contributed by atoms with Crippen molar-refractivity contribution in [1.29, 1.82) is 0 Å². The van der Waals surface area contributed by atoms with Crippen molar-refractivity contribution in [2.45, 2.75) is 32.6 Å². The van der Waals surface area contributed by atoms with Crippen LogP contribution in [0.15, 0.2) is 24.3 Å². The highest BCUT2D eigenvalue weighted by atomic mass is 16.4. The van der Waals surface area contributed by atoms with Crippen molar-refractivity contribution in [3.63, 3.8) is 0 Å². The molecular weight excluding hydrogens is 214 g/mol. The van der Waals surface area contributed by atoms with E-state index in [-0.39, 0.29) is 0 Å². The van der Waals surface area contributed by atoms with Gasteiger partial charge in [-0.15, -0.1) is 0 Å². The fraction of sp³-hybridized carbons (Fsp3) is 0.500. The Balaban J connectivity index is 2.34. The Hall–Kier alpha value is -1.35. The summed E-state index contributed by atoms with van der Waals surface area (Å²) >= 11 is 0. The van der Waals surface area contributed by atoms with Gasteiger partial charge in [0, 0.05) is 0 Å². The Morgan fingerprint density at radius 2 is 2.00 bits per heavy atom. The van der Waals surface area contributed by atoms with Crippen molar-refractivity contribution < 1.29 is 9.90 Å². The lowest BCUT2D eigenvalue weighted by atomic mass is 10.0. The lowest BCUT2D eigenvalue weighted by molar-refractivity contribution is 0.0695. The van der Waals surface area contributed by atoms with Gasteiger partial charge in [0.25, 0.3) is 0 Å². The van der Waals surface area contributed by atoms with E-state index >= 15 is 0 Å². The topological polar surface area (TPSA) is 49.3 Å². The Morgan fingerprint density at radius 1 is 1.24 bits per heavy atom. The third-order valence-corrected chi connectivity index (χ3v) is 2.78.